The van der Waals surface area contributed by atoms with Crippen molar-refractivity contribution in [1.29, 1.82) is 0 Å². The number of furan rings is 1. The molecule has 1 unspecified atom stereocenters. The van der Waals surface area contributed by atoms with Crippen molar-refractivity contribution in [1.82, 2.24) is 10.9 Å². The van der Waals surface area contributed by atoms with Gasteiger partial charge in [-0.25, -0.2) is 5.43 Å². The number of hydrogen-bond donors (Lipinski definition) is 4. The predicted octanol–water partition coefficient (Wildman–Crippen LogP) is 0.434. The molecule has 1 rings (SSSR count). The summed E-state index contributed by atoms with van der Waals surface area (Å²) >= 11 is 5.77. The molecule has 88 valence electrons. The van der Waals surface area contributed by atoms with Crippen LogP contribution in [0.4, 0.5) is 0 Å². The number of carbonyl (C=O) groups is 1. The molecule has 0 bridgehead atoms. The van der Waals surface area contributed by atoms with E-state index in [0.717, 1.165) is 11.8 Å². The van der Waals surface area contributed by atoms with Crippen LogP contribution < -0.4 is 16.6 Å². The van der Waals surface area contributed by atoms with Gasteiger partial charge in [-0.1, -0.05) is 0 Å². The zero-order valence-electron chi connectivity index (χ0n) is 8.17. The van der Waals surface area contributed by atoms with Crippen LogP contribution in [0.5, 0.6) is 0 Å². The second-order valence-electron chi connectivity index (χ2n) is 2.73. The van der Waals surface area contributed by atoms with Crippen molar-refractivity contribution >= 4 is 35.1 Å². The van der Waals surface area contributed by atoms with E-state index in [9.17, 15) is 4.79 Å². The van der Waals surface area contributed by atoms with E-state index in [0.29, 0.717) is 5.76 Å². The van der Waals surface area contributed by atoms with Crippen molar-refractivity contribution in [3.05, 3.63) is 24.2 Å². The standard InChI is InChI=1S/C8H11N3O3S2/c9-8(15)11-10-7(16-4-6(12)13)5-2-1-3-14-5/h1-3,7,10H,4H2,(H,12,13)(H3,9,11,15). The predicted molar refractivity (Wildman–Crippen MR) is 64.6 cm³/mol. The lowest BCUT2D eigenvalue weighted by Gasteiger charge is -2.15. The summed E-state index contributed by atoms with van der Waals surface area (Å²) in [5, 5.41) is 8.30. The van der Waals surface area contributed by atoms with Gasteiger partial charge in [0.05, 0.1) is 12.0 Å². The number of carboxylic acids is 1. The number of rotatable bonds is 6. The average molecular weight is 261 g/mol. The second-order valence-corrected chi connectivity index (χ2v) is 4.27. The third-order valence-electron chi connectivity index (χ3n) is 1.50. The molecular formula is C8H11N3O3S2. The summed E-state index contributed by atoms with van der Waals surface area (Å²) in [5.74, 6) is -0.370. The van der Waals surface area contributed by atoms with E-state index in [2.05, 4.69) is 23.1 Å². The largest absolute Gasteiger partial charge is 0.481 e. The molecular weight excluding hydrogens is 250 g/mol. The fraction of sp³-hybridized carbons (Fsp3) is 0.250. The minimum Gasteiger partial charge on any atom is -0.481 e. The molecule has 1 aromatic rings. The molecule has 0 saturated heterocycles. The first kappa shape index (κ1) is 12.8. The molecule has 0 amide bonds. The van der Waals surface area contributed by atoms with E-state index in [1.807, 2.05) is 0 Å². The van der Waals surface area contributed by atoms with Crippen LogP contribution in [-0.2, 0) is 4.79 Å². The van der Waals surface area contributed by atoms with E-state index in [1.165, 1.54) is 6.26 Å². The third-order valence-corrected chi connectivity index (χ3v) is 2.70. The Kier molecular flexibility index (Phi) is 5.09. The normalized spacial score (nSPS) is 12.0. The van der Waals surface area contributed by atoms with Crippen molar-refractivity contribution in [2.75, 3.05) is 5.75 Å². The highest BCUT2D eigenvalue weighted by molar-refractivity contribution is 8.00. The summed E-state index contributed by atoms with van der Waals surface area (Å²) in [6.07, 6.45) is 1.51. The van der Waals surface area contributed by atoms with Crippen LogP contribution in [0.15, 0.2) is 22.8 Å². The molecule has 0 aromatic carbocycles. The first-order chi connectivity index (χ1) is 7.59. The minimum atomic E-state index is -0.904. The molecule has 0 saturated carbocycles. The van der Waals surface area contributed by atoms with Gasteiger partial charge in [-0.15, -0.1) is 11.8 Å². The molecule has 0 aliphatic rings. The molecule has 0 fully saturated rings. The smallest absolute Gasteiger partial charge is 0.313 e. The second kappa shape index (κ2) is 6.36. The molecule has 0 aliphatic carbocycles. The zero-order chi connectivity index (χ0) is 12.0. The molecule has 16 heavy (non-hydrogen) atoms. The number of thioether (sulfide) groups is 1. The lowest BCUT2D eigenvalue weighted by atomic mass is 10.4. The monoisotopic (exact) mass is 261 g/mol. The number of nitrogens with two attached hydrogens (primary N) is 1. The van der Waals surface area contributed by atoms with Gasteiger partial charge in [0.25, 0.3) is 0 Å². The third kappa shape index (κ3) is 4.51. The highest BCUT2D eigenvalue weighted by atomic mass is 32.2. The van der Waals surface area contributed by atoms with Crippen LogP contribution >= 0.6 is 24.0 Å². The number of nitrogens with one attached hydrogen (secondary N) is 2. The first-order valence-corrected chi connectivity index (χ1v) is 5.73. The summed E-state index contributed by atoms with van der Waals surface area (Å²) in [4.78, 5) is 10.5. The number of thiocarbonyl (C=S) groups is 1. The van der Waals surface area contributed by atoms with Crippen molar-refractivity contribution < 1.29 is 14.3 Å². The van der Waals surface area contributed by atoms with Crippen LogP contribution in [0.25, 0.3) is 0 Å². The van der Waals surface area contributed by atoms with E-state index in [4.69, 9.17) is 15.3 Å². The molecule has 0 spiro atoms. The Labute approximate surface area is 102 Å². The number of hydrazine groups is 1. The van der Waals surface area contributed by atoms with Crippen molar-refractivity contribution in [3.8, 4) is 0 Å². The Hall–Kier alpha value is -1.25. The Morgan fingerprint density at radius 3 is 3.00 bits per heavy atom. The van der Waals surface area contributed by atoms with Crippen LogP contribution in [-0.4, -0.2) is 21.9 Å². The van der Waals surface area contributed by atoms with E-state index in [-0.39, 0.29) is 16.2 Å². The number of aliphatic carboxylic acids is 1. The van der Waals surface area contributed by atoms with E-state index in [1.54, 1.807) is 12.1 Å². The summed E-state index contributed by atoms with van der Waals surface area (Å²) in [6.45, 7) is 0. The Bertz CT molecular complexity index is 337. The SMILES string of the molecule is NC(=S)NNC(SCC(=O)O)c1ccco1. The molecule has 5 N–H and O–H groups in total. The summed E-state index contributed by atoms with van der Waals surface area (Å²) in [5.41, 5.74) is 10.6. The summed E-state index contributed by atoms with van der Waals surface area (Å²) < 4.78 is 5.16. The van der Waals surface area contributed by atoms with Crippen LogP contribution in [0, 0.1) is 0 Å². The van der Waals surface area contributed by atoms with Gasteiger partial charge in [0.2, 0.25) is 0 Å². The maximum Gasteiger partial charge on any atom is 0.313 e. The van der Waals surface area contributed by atoms with Gasteiger partial charge in [0.15, 0.2) is 5.11 Å². The van der Waals surface area contributed by atoms with Crippen molar-refractivity contribution in [3.63, 3.8) is 0 Å². The maximum absolute atomic E-state index is 10.5. The molecule has 1 atom stereocenters. The highest BCUT2D eigenvalue weighted by Gasteiger charge is 2.15. The first-order valence-electron chi connectivity index (χ1n) is 4.27. The lowest BCUT2D eigenvalue weighted by molar-refractivity contribution is -0.133. The highest BCUT2D eigenvalue weighted by Crippen LogP contribution is 2.25. The van der Waals surface area contributed by atoms with Gasteiger partial charge >= 0.3 is 5.97 Å². The fourth-order valence-corrected chi connectivity index (χ4v) is 1.74. The lowest BCUT2D eigenvalue weighted by Crippen LogP contribution is -2.42. The Morgan fingerprint density at radius 2 is 2.50 bits per heavy atom. The van der Waals surface area contributed by atoms with Crippen molar-refractivity contribution in [2.24, 2.45) is 5.73 Å². The maximum atomic E-state index is 10.5. The molecule has 6 nitrogen and oxygen atoms in total. The van der Waals surface area contributed by atoms with Crippen LogP contribution in [0.2, 0.25) is 0 Å². The van der Waals surface area contributed by atoms with E-state index < -0.39 is 5.97 Å². The van der Waals surface area contributed by atoms with Gasteiger partial charge in [-0.2, -0.15) is 0 Å². The average Bonchev–Trinajstić information content (AvgIpc) is 2.70. The van der Waals surface area contributed by atoms with Gasteiger partial charge in [-0.05, 0) is 24.4 Å². The Morgan fingerprint density at radius 1 is 1.75 bits per heavy atom. The van der Waals surface area contributed by atoms with Gasteiger partial charge in [0, 0.05) is 0 Å². The number of carboxylic acid groups (broad SMARTS) is 1. The summed E-state index contributed by atoms with van der Waals surface area (Å²) in [7, 11) is 0. The Balaban J connectivity index is 2.55. The topological polar surface area (TPSA) is 101 Å². The van der Waals surface area contributed by atoms with Gasteiger partial charge in [-0.3, -0.25) is 10.2 Å². The minimum absolute atomic E-state index is 0.0582. The summed E-state index contributed by atoms with van der Waals surface area (Å²) in [6, 6.07) is 3.44. The van der Waals surface area contributed by atoms with Gasteiger partial charge in [0.1, 0.15) is 11.1 Å². The molecule has 8 heteroatoms. The molecule has 1 heterocycles. The van der Waals surface area contributed by atoms with Crippen LogP contribution in [0.1, 0.15) is 11.1 Å². The van der Waals surface area contributed by atoms with Crippen molar-refractivity contribution in [2.45, 2.75) is 5.37 Å². The fourth-order valence-electron chi connectivity index (χ4n) is 0.927. The van der Waals surface area contributed by atoms with Crippen LogP contribution in [0.3, 0.4) is 0 Å². The quantitative estimate of drug-likeness (QED) is 0.332. The molecule has 0 radical (unpaired) electrons. The molecule has 0 aliphatic heterocycles. The molecule has 1 aromatic heterocycles. The van der Waals surface area contributed by atoms with Gasteiger partial charge < -0.3 is 15.3 Å². The number of hydrogen-bond acceptors (Lipinski definition) is 5. The van der Waals surface area contributed by atoms with E-state index >= 15 is 0 Å². The zero-order valence-corrected chi connectivity index (χ0v) is 9.81.